The number of nitriles is 1. The molecular weight excluding hydrogens is 210 g/mol. The highest BCUT2D eigenvalue weighted by molar-refractivity contribution is 6.32. The zero-order valence-electron chi connectivity index (χ0n) is 8.08. The van der Waals surface area contributed by atoms with Crippen molar-refractivity contribution in [2.45, 2.75) is 6.92 Å². The third kappa shape index (κ3) is 1.49. The molecule has 0 spiro atoms. The van der Waals surface area contributed by atoms with Crippen LogP contribution in [0.3, 0.4) is 0 Å². The minimum Gasteiger partial charge on any atom is -0.397 e. The molecule has 1 aromatic heterocycles. The molecule has 15 heavy (non-hydrogen) atoms. The highest BCUT2D eigenvalue weighted by Gasteiger charge is 2.07. The summed E-state index contributed by atoms with van der Waals surface area (Å²) in [6, 6.07) is 5.60. The monoisotopic (exact) mass is 217 g/mol. The van der Waals surface area contributed by atoms with Crippen molar-refractivity contribution in [2.75, 3.05) is 5.73 Å². The number of benzene rings is 1. The molecule has 0 aliphatic carbocycles. The van der Waals surface area contributed by atoms with Crippen molar-refractivity contribution in [3.63, 3.8) is 0 Å². The Morgan fingerprint density at radius 1 is 1.47 bits per heavy atom. The van der Waals surface area contributed by atoms with Gasteiger partial charge in [0.25, 0.3) is 0 Å². The number of pyridine rings is 1. The van der Waals surface area contributed by atoms with E-state index in [1.54, 1.807) is 6.07 Å². The largest absolute Gasteiger partial charge is 0.397 e. The molecule has 0 bridgehead atoms. The predicted molar refractivity (Wildman–Crippen MR) is 60.6 cm³/mol. The molecule has 0 radical (unpaired) electrons. The maximum atomic E-state index is 8.81. The molecule has 1 aromatic carbocycles. The molecule has 74 valence electrons. The highest BCUT2D eigenvalue weighted by atomic mass is 35.5. The topological polar surface area (TPSA) is 62.7 Å². The fourth-order valence-electron chi connectivity index (χ4n) is 1.43. The quantitative estimate of drug-likeness (QED) is 0.738. The number of anilines is 1. The molecule has 1 heterocycles. The number of halogens is 1. The maximum absolute atomic E-state index is 8.81. The highest BCUT2D eigenvalue weighted by Crippen LogP contribution is 2.27. The Hall–Kier alpha value is -1.79. The van der Waals surface area contributed by atoms with Gasteiger partial charge >= 0.3 is 0 Å². The van der Waals surface area contributed by atoms with Crippen LogP contribution >= 0.6 is 11.6 Å². The number of fused-ring (bicyclic) bond motifs is 1. The lowest BCUT2D eigenvalue weighted by molar-refractivity contribution is 1.36. The van der Waals surface area contributed by atoms with Gasteiger partial charge in [0.15, 0.2) is 0 Å². The Labute approximate surface area is 92.1 Å². The Morgan fingerprint density at radius 2 is 2.20 bits per heavy atom. The van der Waals surface area contributed by atoms with Crippen LogP contribution in [0.25, 0.3) is 10.9 Å². The summed E-state index contributed by atoms with van der Waals surface area (Å²) in [5.74, 6) is 0. The van der Waals surface area contributed by atoms with Gasteiger partial charge in [-0.15, -0.1) is 0 Å². The average Bonchev–Trinajstić information content (AvgIpc) is 2.22. The summed E-state index contributed by atoms with van der Waals surface area (Å²) in [6.07, 6.45) is 1.46. The second-order valence-corrected chi connectivity index (χ2v) is 3.72. The zero-order valence-corrected chi connectivity index (χ0v) is 8.84. The van der Waals surface area contributed by atoms with Crippen molar-refractivity contribution in [1.82, 2.24) is 4.98 Å². The van der Waals surface area contributed by atoms with Crippen LogP contribution in [0.2, 0.25) is 5.02 Å². The smallest absolute Gasteiger partial charge is 0.103 e. The maximum Gasteiger partial charge on any atom is 0.103 e. The molecule has 3 nitrogen and oxygen atoms in total. The van der Waals surface area contributed by atoms with Crippen LogP contribution in [-0.4, -0.2) is 4.98 Å². The fraction of sp³-hybridized carbons (Fsp3) is 0.0909. The number of nitrogen functional groups attached to an aromatic ring is 1. The summed E-state index contributed by atoms with van der Waals surface area (Å²) in [6.45, 7) is 1.89. The third-order valence-corrected chi connectivity index (χ3v) is 2.72. The van der Waals surface area contributed by atoms with Gasteiger partial charge in [-0.1, -0.05) is 11.6 Å². The van der Waals surface area contributed by atoms with Crippen molar-refractivity contribution in [3.05, 3.63) is 34.5 Å². The fourth-order valence-corrected chi connectivity index (χ4v) is 1.59. The first kappa shape index (κ1) is 9.75. The van der Waals surface area contributed by atoms with Crippen molar-refractivity contribution < 1.29 is 0 Å². The summed E-state index contributed by atoms with van der Waals surface area (Å²) in [5.41, 5.74) is 8.33. The Balaban J connectivity index is 2.89. The van der Waals surface area contributed by atoms with E-state index in [1.807, 2.05) is 19.1 Å². The van der Waals surface area contributed by atoms with Crippen molar-refractivity contribution in [1.29, 1.82) is 5.26 Å². The van der Waals surface area contributed by atoms with E-state index in [0.29, 0.717) is 21.8 Å². The van der Waals surface area contributed by atoms with Gasteiger partial charge in [-0.25, -0.2) is 0 Å². The van der Waals surface area contributed by atoms with Gasteiger partial charge in [0.05, 0.1) is 16.8 Å². The van der Waals surface area contributed by atoms with Crippen molar-refractivity contribution in [3.8, 4) is 6.07 Å². The number of aromatic nitrogens is 1. The Bertz CT molecular complexity index is 584. The number of hydrogen-bond donors (Lipinski definition) is 1. The van der Waals surface area contributed by atoms with Crippen LogP contribution < -0.4 is 5.73 Å². The first-order valence-electron chi connectivity index (χ1n) is 4.38. The average molecular weight is 218 g/mol. The molecule has 4 heteroatoms. The molecule has 0 atom stereocenters. The lowest BCUT2D eigenvalue weighted by Crippen LogP contribution is -1.94. The molecule has 0 saturated heterocycles. The predicted octanol–water partition coefficient (Wildman–Crippen LogP) is 2.65. The number of aryl methyl sites for hydroxylation is 1. The first-order chi connectivity index (χ1) is 7.13. The minimum absolute atomic E-state index is 0.393. The first-order valence-corrected chi connectivity index (χ1v) is 4.75. The van der Waals surface area contributed by atoms with Gasteiger partial charge in [-0.3, -0.25) is 4.98 Å². The van der Waals surface area contributed by atoms with E-state index in [1.165, 1.54) is 6.20 Å². The van der Waals surface area contributed by atoms with E-state index < -0.39 is 0 Å². The molecule has 0 amide bonds. The number of nitrogens with two attached hydrogens (primary N) is 1. The van der Waals surface area contributed by atoms with Gasteiger partial charge in [0.1, 0.15) is 6.07 Å². The molecule has 2 N–H and O–H groups in total. The van der Waals surface area contributed by atoms with Crippen LogP contribution in [-0.2, 0) is 0 Å². The number of hydrogen-bond acceptors (Lipinski definition) is 3. The van der Waals surface area contributed by atoms with Crippen LogP contribution in [0.15, 0.2) is 18.3 Å². The second kappa shape index (κ2) is 3.41. The van der Waals surface area contributed by atoms with Gasteiger partial charge in [-0.2, -0.15) is 5.26 Å². The molecule has 2 rings (SSSR count). The van der Waals surface area contributed by atoms with Crippen LogP contribution in [0.5, 0.6) is 0 Å². The molecule has 0 aliphatic heterocycles. The van der Waals surface area contributed by atoms with Gasteiger partial charge in [0, 0.05) is 16.6 Å². The Morgan fingerprint density at radius 3 is 2.87 bits per heavy atom. The summed E-state index contributed by atoms with van der Waals surface area (Å²) in [5, 5.41) is 10.2. The van der Waals surface area contributed by atoms with Crippen LogP contribution in [0.4, 0.5) is 5.69 Å². The summed E-state index contributed by atoms with van der Waals surface area (Å²) >= 11 is 5.97. The molecule has 0 aliphatic rings. The number of rotatable bonds is 0. The molecular formula is C11H8ClN3. The van der Waals surface area contributed by atoms with Crippen LogP contribution in [0, 0.1) is 18.3 Å². The third-order valence-electron chi connectivity index (χ3n) is 2.31. The standard InChI is InChI=1S/C11H8ClN3/c1-6-2-8-10(3-9(6)12)15-5-7(4-13)11(8)14/h2-3,5H,1H3,(H2,14,15). The van der Waals surface area contributed by atoms with Gasteiger partial charge in [0.2, 0.25) is 0 Å². The van der Waals surface area contributed by atoms with Crippen molar-refractivity contribution >= 4 is 28.2 Å². The number of nitrogens with zero attached hydrogens (tertiary/aromatic N) is 2. The SMILES string of the molecule is Cc1cc2c(N)c(C#N)cnc2cc1Cl. The molecule has 0 fully saturated rings. The van der Waals surface area contributed by atoms with Gasteiger partial charge < -0.3 is 5.73 Å². The zero-order chi connectivity index (χ0) is 11.0. The minimum atomic E-state index is 0.393. The Kier molecular flexibility index (Phi) is 2.22. The van der Waals surface area contributed by atoms with E-state index in [2.05, 4.69) is 4.98 Å². The molecule has 0 unspecified atom stereocenters. The normalized spacial score (nSPS) is 10.2. The van der Waals surface area contributed by atoms with E-state index in [0.717, 1.165) is 10.9 Å². The summed E-state index contributed by atoms with van der Waals surface area (Å²) < 4.78 is 0. The second-order valence-electron chi connectivity index (χ2n) is 3.32. The summed E-state index contributed by atoms with van der Waals surface area (Å²) in [4.78, 5) is 4.13. The van der Waals surface area contributed by atoms with E-state index in [9.17, 15) is 0 Å². The van der Waals surface area contributed by atoms with E-state index >= 15 is 0 Å². The lowest BCUT2D eigenvalue weighted by Gasteiger charge is -2.05. The van der Waals surface area contributed by atoms with Crippen molar-refractivity contribution in [2.24, 2.45) is 0 Å². The summed E-state index contributed by atoms with van der Waals surface area (Å²) in [7, 11) is 0. The van der Waals surface area contributed by atoms with E-state index in [4.69, 9.17) is 22.6 Å². The molecule has 0 saturated carbocycles. The van der Waals surface area contributed by atoms with Gasteiger partial charge in [-0.05, 0) is 24.6 Å². The van der Waals surface area contributed by atoms with Crippen LogP contribution in [0.1, 0.15) is 11.1 Å². The lowest BCUT2D eigenvalue weighted by atomic mass is 10.1. The molecule has 2 aromatic rings. The van der Waals surface area contributed by atoms with E-state index in [-0.39, 0.29) is 0 Å².